The number of hydrogen-bond acceptors (Lipinski definition) is 4. The van der Waals surface area contributed by atoms with Gasteiger partial charge in [0.25, 0.3) is 11.8 Å². The lowest BCUT2D eigenvalue weighted by atomic mass is 10.2. The zero-order valence-corrected chi connectivity index (χ0v) is 15.8. The van der Waals surface area contributed by atoms with Crippen molar-refractivity contribution in [2.24, 2.45) is 0 Å². The molecule has 0 unspecified atom stereocenters. The molecule has 0 atom stereocenters. The van der Waals surface area contributed by atoms with Crippen LogP contribution in [0.5, 0.6) is 0 Å². The van der Waals surface area contributed by atoms with Crippen molar-refractivity contribution in [3.8, 4) is 5.69 Å². The van der Waals surface area contributed by atoms with Crippen molar-refractivity contribution in [2.75, 3.05) is 0 Å². The summed E-state index contributed by atoms with van der Waals surface area (Å²) in [6.45, 7) is 1.44. The third-order valence-corrected chi connectivity index (χ3v) is 4.14. The van der Waals surface area contributed by atoms with Gasteiger partial charge in [-0.2, -0.15) is 18.3 Å². The van der Waals surface area contributed by atoms with Crippen LogP contribution in [0.1, 0.15) is 32.1 Å². The molecular formula is C20H14F4N4O3. The van der Waals surface area contributed by atoms with Gasteiger partial charge in [-0.3, -0.25) is 25.2 Å². The van der Waals surface area contributed by atoms with Gasteiger partial charge in [-0.1, -0.05) is 6.07 Å². The Labute approximate surface area is 172 Å². The summed E-state index contributed by atoms with van der Waals surface area (Å²) >= 11 is 0. The van der Waals surface area contributed by atoms with E-state index in [1.54, 1.807) is 0 Å². The first-order valence-corrected chi connectivity index (χ1v) is 8.71. The normalized spacial score (nSPS) is 11.1. The Morgan fingerprint density at radius 3 is 2.26 bits per heavy atom. The van der Waals surface area contributed by atoms with Crippen molar-refractivity contribution < 1.29 is 27.2 Å². The summed E-state index contributed by atoms with van der Waals surface area (Å²) in [4.78, 5) is 36.5. The number of alkyl halides is 3. The first-order chi connectivity index (χ1) is 14.6. The molecule has 0 aliphatic rings. The number of aromatic nitrogens is 2. The van der Waals surface area contributed by atoms with Crippen molar-refractivity contribution >= 4 is 11.8 Å². The second-order valence-corrected chi connectivity index (χ2v) is 6.37. The summed E-state index contributed by atoms with van der Waals surface area (Å²) in [7, 11) is 0. The number of rotatable bonds is 3. The lowest BCUT2D eigenvalue weighted by molar-refractivity contribution is -0.137. The zero-order chi connectivity index (χ0) is 22.8. The van der Waals surface area contributed by atoms with E-state index >= 15 is 0 Å². The topological polar surface area (TPSA) is 93.1 Å². The molecule has 11 heteroatoms. The van der Waals surface area contributed by atoms with Gasteiger partial charge in [0.05, 0.1) is 11.3 Å². The lowest BCUT2D eigenvalue weighted by Crippen LogP contribution is -2.44. The van der Waals surface area contributed by atoms with E-state index in [0.717, 1.165) is 35.0 Å². The van der Waals surface area contributed by atoms with Crippen LogP contribution in [0.2, 0.25) is 0 Å². The molecule has 31 heavy (non-hydrogen) atoms. The molecule has 0 bridgehead atoms. The van der Waals surface area contributed by atoms with Gasteiger partial charge >= 0.3 is 6.18 Å². The van der Waals surface area contributed by atoms with Crippen LogP contribution < -0.4 is 16.3 Å². The highest BCUT2D eigenvalue weighted by Gasteiger charge is 2.30. The van der Waals surface area contributed by atoms with Crippen LogP contribution in [-0.2, 0) is 6.18 Å². The number of benzene rings is 2. The van der Waals surface area contributed by atoms with Crippen LogP contribution in [0.3, 0.4) is 0 Å². The van der Waals surface area contributed by atoms with Gasteiger partial charge in [0.1, 0.15) is 5.82 Å². The van der Waals surface area contributed by atoms with E-state index in [2.05, 4.69) is 5.10 Å². The Balaban J connectivity index is 1.85. The molecule has 2 amide bonds. The maximum atomic E-state index is 13.0. The van der Waals surface area contributed by atoms with Gasteiger partial charge < -0.3 is 0 Å². The molecule has 0 spiro atoms. The molecule has 1 heterocycles. The zero-order valence-electron chi connectivity index (χ0n) is 15.8. The number of nitrogens with zero attached hydrogens (tertiary/aromatic N) is 2. The van der Waals surface area contributed by atoms with Crippen LogP contribution >= 0.6 is 0 Å². The number of halogens is 4. The summed E-state index contributed by atoms with van der Waals surface area (Å²) < 4.78 is 52.9. The maximum absolute atomic E-state index is 13.0. The highest BCUT2D eigenvalue weighted by atomic mass is 19.4. The molecule has 0 aliphatic carbocycles. The van der Waals surface area contributed by atoms with Gasteiger partial charge in [-0.05, 0) is 49.4 Å². The Morgan fingerprint density at radius 2 is 1.61 bits per heavy atom. The first-order valence-electron chi connectivity index (χ1n) is 8.71. The van der Waals surface area contributed by atoms with E-state index in [9.17, 15) is 31.9 Å². The van der Waals surface area contributed by atoms with Gasteiger partial charge in [0, 0.05) is 17.3 Å². The predicted octanol–water partition coefficient (Wildman–Crippen LogP) is 2.77. The molecule has 0 aliphatic heterocycles. The van der Waals surface area contributed by atoms with Crippen molar-refractivity contribution in [2.45, 2.75) is 13.1 Å². The quantitative estimate of drug-likeness (QED) is 0.490. The first kappa shape index (κ1) is 21.7. The summed E-state index contributed by atoms with van der Waals surface area (Å²) in [6, 6.07) is 9.69. The van der Waals surface area contributed by atoms with Crippen molar-refractivity contribution in [1.29, 1.82) is 0 Å². The summed E-state index contributed by atoms with van der Waals surface area (Å²) in [5.74, 6) is -2.42. The fourth-order valence-electron chi connectivity index (χ4n) is 2.63. The predicted molar refractivity (Wildman–Crippen MR) is 101 cm³/mol. The number of hydrogen-bond donors (Lipinski definition) is 2. The van der Waals surface area contributed by atoms with E-state index in [4.69, 9.17) is 0 Å². The SMILES string of the molecule is Cc1cc(=O)c(C(=O)NNC(=O)c2ccc(F)cc2)nn1-c1cccc(C(F)(F)F)c1. The Bertz CT molecular complexity index is 1200. The minimum atomic E-state index is -4.59. The molecule has 2 aromatic carbocycles. The molecular weight excluding hydrogens is 420 g/mol. The largest absolute Gasteiger partial charge is 0.416 e. The Hall–Kier alpha value is -4.02. The van der Waals surface area contributed by atoms with E-state index in [-0.39, 0.29) is 16.9 Å². The molecule has 2 N–H and O–H groups in total. The van der Waals surface area contributed by atoms with E-state index in [0.29, 0.717) is 0 Å². The van der Waals surface area contributed by atoms with Crippen LogP contribution in [-0.4, -0.2) is 21.6 Å². The number of carbonyl (C=O) groups excluding carboxylic acids is 2. The number of amides is 2. The lowest BCUT2D eigenvalue weighted by Gasteiger charge is -2.14. The van der Waals surface area contributed by atoms with Crippen molar-refractivity contribution in [3.05, 3.63) is 93.2 Å². The van der Waals surface area contributed by atoms with Crippen LogP contribution in [0, 0.1) is 12.7 Å². The minimum Gasteiger partial charge on any atom is -0.287 e. The molecule has 0 saturated heterocycles. The molecule has 7 nitrogen and oxygen atoms in total. The van der Waals surface area contributed by atoms with Crippen LogP contribution in [0.15, 0.2) is 59.4 Å². The van der Waals surface area contributed by atoms with Gasteiger partial charge in [0.2, 0.25) is 5.43 Å². The highest BCUT2D eigenvalue weighted by molar-refractivity contribution is 5.98. The average molecular weight is 434 g/mol. The Kier molecular flexibility index (Phi) is 5.86. The summed E-state index contributed by atoms with van der Waals surface area (Å²) in [5, 5.41) is 3.85. The molecule has 0 saturated carbocycles. The number of aryl methyl sites for hydroxylation is 1. The fraction of sp³-hybridized carbons (Fsp3) is 0.100. The van der Waals surface area contributed by atoms with Crippen LogP contribution in [0.4, 0.5) is 17.6 Å². The number of nitrogens with one attached hydrogen (secondary N) is 2. The maximum Gasteiger partial charge on any atom is 0.416 e. The summed E-state index contributed by atoms with van der Waals surface area (Å²) in [6.07, 6.45) is -4.59. The molecule has 3 aromatic rings. The molecule has 0 radical (unpaired) electrons. The standard InChI is InChI=1S/C20H14F4N4O3/c1-11-9-16(29)17(19(31)26-25-18(30)12-5-7-14(21)8-6-12)27-28(11)15-4-2-3-13(10-15)20(22,23)24/h2-10H,1H3,(H,25,30)(H,26,31). The smallest absolute Gasteiger partial charge is 0.287 e. The summed E-state index contributed by atoms with van der Waals surface area (Å²) in [5.41, 5.74) is 1.89. The third kappa shape index (κ3) is 4.94. The molecule has 1 aromatic heterocycles. The van der Waals surface area contributed by atoms with Crippen LogP contribution in [0.25, 0.3) is 5.69 Å². The molecule has 3 rings (SSSR count). The second kappa shape index (κ2) is 8.38. The van der Waals surface area contributed by atoms with E-state index in [1.165, 1.54) is 31.2 Å². The second-order valence-electron chi connectivity index (χ2n) is 6.37. The number of carbonyl (C=O) groups is 2. The average Bonchev–Trinajstić information content (AvgIpc) is 2.72. The van der Waals surface area contributed by atoms with E-state index in [1.807, 2.05) is 10.9 Å². The minimum absolute atomic E-state index is 0.0169. The third-order valence-electron chi connectivity index (χ3n) is 4.14. The number of hydrazine groups is 1. The van der Waals surface area contributed by atoms with Gasteiger partial charge in [0.15, 0.2) is 5.69 Å². The van der Waals surface area contributed by atoms with E-state index < -0.39 is 40.5 Å². The van der Waals surface area contributed by atoms with Gasteiger partial charge in [-0.25, -0.2) is 9.07 Å². The highest BCUT2D eigenvalue weighted by Crippen LogP contribution is 2.30. The van der Waals surface area contributed by atoms with Crippen molar-refractivity contribution in [1.82, 2.24) is 20.6 Å². The fourth-order valence-corrected chi connectivity index (χ4v) is 2.63. The Morgan fingerprint density at radius 1 is 0.968 bits per heavy atom. The van der Waals surface area contributed by atoms with Crippen molar-refractivity contribution in [3.63, 3.8) is 0 Å². The monoisotopic (exact) mass is 434 g/mol. The van der Waals surface area contributed by atoms with Gasteiger partial charge in [-0.15, -0.1) is 0 Å². The molecule has 160 valence electrons. The molecule has 0 fully saturated rings.